The Hall–Kier alpha value is -1.34. The fourth-order valence-electron chi connectivity index (χ4n) is 0.411. The molecule has 0 unspecified atom stereocenters. The summed E-state index contributed by atoms with van der Waals surface area (Å²) >= 11 is 0. The second kappa shape index (κ2) is 3.19. The van der Waals surface area contributed by atoms with Gasteiger partial charge in [-0.15, -0.1) is 0 Å². The van der Waals surface area contributed by atoms with E-state index in [1.807, 2.05) is 0 Å². The predicted octanol–water partition coefficient (Wildman–Crippen LogP) is -0.0847. The van der Waals surface area contributed by atoms with Crippen molar-refractivity contribution in [1.29, 1.82) is 0 Å². The summed E-state index contributed by atoms with van der Waals surface area (Å²) < 4.78 is 52.5. The fourth-order valence-corrected chi connectivity index (χ4v) is 0.411. The highest BCUT2D eigenvalue weighted by Crippen LogP contribution is 2.34. The van der Waals surface area contributed by atoms with Crippen LogP contribution in [-0.4, -0.2) is 30.8 Å². The molecule has 0 aromatic rings. The summed E-state index contributed by atoms with van der Waals surface area (Å²) in [6.45, 7) is 0. The SMILES string of the molecule is COC(=O)C(F)(F)C(F)(F)C(N)=O. The van der Waals surface area contributed by atoms with Crippen molar-refractivity contribution in [2.75, 3.05) is 7.11 Å². The Morgan fingerprint density at radius 2 is 1.54 bits per heavy atom. The number of halogens is 4. The number of carbonyl (C=O) groups is 2. The summed E-state index contributed by atoms with van der Waals surface area (Å²) in [5, 5.41) is 0. The van der Waals surface area contributed by atoms with Gasteiger partial charge in [0.05, 0.1) is 7.11 Å². The maximum atomic E-state index is 12.3. The summed E-state index contributed by atoms with van der Waals surface area (Å²) in [4.78, 5) is 20.0. The van der Waals surface area contributed by atoms with Crippen molar-refractivity contribution in [3.8, 4) is 0 Å². The number of ether oxygens (including phenoxy) is 1. The van der Waals surface area contributed by atoms with E-state index in [9.17, 15) is 27.2 Å². The normalized spacial score (nSPS) is 12.4. The molecule has 0 heterocycles. The molecule has 2 N–H and O–H groups in total. The standard InChI is InChI=1S/C5H5F4NO3/c1-13-3(12)5(8,9)4(6,7)2(10)11/h1H3,(H2,10,11). The largest absolute Gasteiger partial charge is 0.464 e. The van der Waals surface area contributed by atoms with Crippen LogP contribution in [0.3, 0.4) is 0 Å². The Labute approximate surface area is 69.6 Å². The van der Waals surface area contributed by atoms with E-state index in [4.69, 9.17) is 0 Å². The molecule has 0 bridgehead atoms. The van der Waals surface area contributed by atoms with E-state index in [0.29, 0.717) is 7.11 Å². The van der Waals surface area contributed by atoms with Gasteiger partial charge in [0.15, 0.2) is 0 Å². The van der Waals surface area contributed by atoms with Gasteiger partial charge in [-0.3, -0.25) is 4.79 Å². The number of hydrogen-bond donors (Lipinski definition) is 1. The van der Waals surface area contributed by atoms with Crippen LogP contribution in [0.1, 0.15) is 0 Å². The second-order valence-corrected chi connectivity index (χ2v) is 2.00. The highest BCUT2D eigenvalue weighted by Gasteiger charge is 2.67. The summed E-state index contributed by atoms with van der Waals surface area (Å²) in [5.41, 5.74) is 3.97. The van der Waals surface area contributed by atoms with Gasteiger partial charge in [0.25, 0.3) is 5.91 Å². The molecule has 0 radical (unpaired) electrons. The summed E-state index contributed by atoms with van der Waals surface area (Å²) in [5.74, 6) is -15.6. The summed E-state index contributed by atoms with van der Waals surface area (Å²) in [6.07, 6.45) is 0. The average molecular weight is 203 g/mol. The molecule has 0 saturated carbocycles. The van der Waals surface area contributed by atoms with Crippen molar-refractivity contribution in [3.05, 3.63) is 0 Å². The first kappa shape index (κ1) is 11.7. The fraction of sp³-hybridized carbons (Fsp3) is 0.600. The number of nitrogens with two attached hydrogens (primary N) is 1. The number of amides is 1. The number of carbonyl (C=O) groups excluding carboxylic acids is 2. The number of methoxy groups -OCH3 is 1. The van der Waals surface area contributed by atoms with Gasteiger partial charge < -0.3 is 10.5 Å². The predicted molar refractivity (Wildman–Crippen MR) is 31.1 cm³/mol. The van der Waals surface area contributed by atoms with Gasteiger partial charge in [0, 0.05) is 0 Å². The van der Waals surface area contributed by atoms with Gasteiger partial charge in [-0.1, -0.05) is 0 Å². The van der Waals surface area contributed by atoms with Gasteiger partial charge in [-0.2, -0.15) is 17.6 Å². The van der Waals surface area contributed by atoms with Crippen molar-refractivity contribution in [2.45, 2.75) is 11.8 Å². The maximum Gasteiger partial charge on any atom is 0.413 e. The van der Waals surface area contributed by atoms with E-state index >= 15 is 0 Å². The van der Waals surface area contributed by atoms with Crippen LogP contribution < -0.4 is 5.73 Å². The van der Waals surface area contributed by atoms with Gasteiger partial charge in [0.1, 0.15) is 0 Å². The van der Waals surface area contributed by atoms with Gasteiger partial charge in [-0.05, 0) is 0 Å². The van der Waals surface area contributed by atoms with Crippen molar-refractivity contribution < 1.29 is 31.9 Å². The minimum Gasteiger partial charge on any atom is -0.464 e. The summed E-state index contributed by atoms with van der Waals surface area (Å²) in [6, 6.07) is 0. The molecule has 0 aliphatic carbocycles. The third-order valence-corrected chi connectivity index (χ3v) is 1.15. The van der Waals surface area contributed by atoms with E-state index in [-0.39, 0.29) is 0 Å². The van der Waals surface area contributed by atoms with Gasteiger partial charge in [-0.25, -0.2) is 4.79 Å². The molecule has 0 aliphatic heterocycles. The average Bonchev–Trinajstić information content (AvgIpc) is 2.02. The minimum atomic E-state index is -5.25. The van der Waals surface area contributed by atoms with Gasteiger partial charge in [0.2, 0.25) is 0 Å². The molecule has 0 atom stereocenters. The second-order valence-electron chi connectivity index (χ2n) is 2.00. The molecule has 0 rings (SSSR count). The van der Waals surface area contributed by atoms with Crippen molar-refractivity contribution in [2.24, 2.45) is 5.73 Å². The van der Waals surface area contributed by atoms with E-state index in [2.05, 4.69) is 10.5 Å². The Kier molecular flexibility index (Phi) is 2.86. The van der Waals surface area contributed by atoms with E-state index in [0.717, 1.165) is 0 Å². The number of hydrogen-bond acceptors (Lipinski definition) is 3. The molecule has 4 nitrogen and oxygen atoms in total. The topological polar surface area (TPSA) is 69.4 Å². The highest BCUT2D eigenvalue weighted by atomic mass is 19.3. The minimum absolute atomic E-state index is 0.479. The van der Waals surface area contributed by atoms with Gasteiger partial charge >= 0.3 is 17.8 Å². The van der Waals surface area contributed by atoms with Crippen molar-refractivity contribution in [1.82, 2.24) is 0 Å². The lowest BCUT2D eigenvalue weighted by Crippen LogP contribution is -2.55. The molecule has 8 heteroatoms. The van der Waals surface area contributed by atoms with Crippen LogP contribution in [0.25, 0.3) is 0 Å². The zero-order valence-corrected chi connectivity index (χ0v) is 6.31. The quantitative estimate of drug-likeness (QED) is 0.515. The van der Waals surface area contributed by atoms with E-state index < -0.39 is 23.7 Å². The van der Waals surface area contributed by atoms with Crippen LogP contribution in [0.15, 0.2) is 0 Å². The van der Waals surface area contributed by atoms with E-state index in [1.165, 1.54) is 0 Å². The molecule has 0 aromatic heterocycles. The van der Waals surface area contributed by atoms with Crippen LogP contribution in [0, 0.1) is 0 Å². The van der Waals surface area contributed by atoms with Crippen molar-refractivity contribution >= 4 is 11.9 Å². The lowest BCUT2D eigenvalue weighted by atomic mass is 10.1. The van der Waals surface area contributed by atoms with E-state index in [1.54, 1.807) is 0 Å². The lowest BCUT2D eigenvalue weighted by molar-refractivity contribution is -0.222. The monoisotopic (exact) mass is 203 g/mol. The first-order chi connectivity index (χ1) is 5.67. The third-order valence-electron chi connectivity index (χ3n) is 1.15. The molecular formula is C5H5F4NO3. The van der Waals surface area contributed by atoms with Crippen LogP contribution in [-0.2, 0) is 14.3 Å². The van der Waals surface area contributed by atoms with Crippen LogP contribution in [0.4, 0.5) is 17.6 Å². The zero-order chi connectivity index (χ0) is 10.9. The lowest BCUT2D eigenvalue weighted by Gasteiger charge is -2.20. The molecule has 1 amide bonds. The smallest absolute Gasteiger partial charge is 0.413 e. The number of rotatable bonds is 3. The maximum absolute atomic E-state index is 12.3. The molecular weight excluding hydrogens is 198 g/mol. The first-order valence-corrected chi connectivity index (χ1v) is 2.82. The molecule has 0 aromatic carbocycles. The Balaban J connectivity index is 5.02. The Morgan fingerprint density at radius 3 is 1.77 bits per heavy atom. The number of esters is 1. The summed E-state index contributed by atoms with van der Waals surface area (Å²) in [7, 11) is 0.479. The molecule has 0 spiro atoms. The Morgan fingerprint density at radius 1 is 1.15 bits per heavy atom. The molecule has 76 valence electrons. The number of primary amides is 1. The molecule has 0 saturated heterocycles. The Bertz CT molecular complexity index is 240. The van der Waals surface area contributed by atoms with Crippen LogP contribution in [0.2, 0.25) is 0 Å². The van der Waals surface area contributed by atoms with Crippen molar-refractivity contribution in [3.63, 3.8) is 0 Å². The van der Waals surface area contributed by atoms with Crippen LogP contribution in [0.5, 0.6) is 0 Å². The van der Waals surface area contributed by atoms with Crippen LogP contribution >= 0.6 is 0 Å². The first-order valence-electron chi connectivity index (χ1n) is 2.82. The highest BCUT2D eigenvalue weighted by molar-refractivity contribution is 5.91. The zero-order valence-electron chi connectivity index (χ0n) is 6.31. The number of alkyl halides is 4. The molecule has 0 aliphatic rings. The third kappa shape index (κ3) is 1.70. The molecule has 0 fully saturated rings. The molecule has 13 heavy (non-hydrogen) atoms.